The van der Waals surface area contributed by atoms with Crippen LogP contribution in [0.3, 0.4) is 0 Å². The van der Waals surface area contributed by atoms with Crippen LogP contribution in [0.4, 0.5) is 0 Å². The van der Waals surface area contributed by atoms with Crippen LogP contribution in [0.1, 0.15) is 54.7 Å². The van der Waals surface area contributed by atoms with Gasteiger partial charge in [-0.2, -0.15) is 5.26 Å². The van der Waals surface area contributed by atoms with E-state index in [-0.39, 0.29) is 23.8 Å². The summed E-state index contributed by atoms with van der Waals surface area (Å²) >= 11 is 0. The van der Waals surface area contributed by atoms with E-state index in [1.807, 2.05) is 24.3 Å². The van der Waals surface area contributed by atoms with Crippen molar-refractivity contribution in [2.24, 2.45) is 5.92 Å². The molecule has 0 aromatic heterocycles. The number of methoxy groups -OCH3 is 1. The molecule has 5 heteroatoms. The van der Waals surface area contributed by atoms with Crippen LogP contribution in [0.25, 0.3) is 0 Å². The maximum absolute atomic E-state index is 12.5. The van der Waals surface area contributed by atoms with E-state index >= 15 is 0 Å². The molecule has 1 saturated carbocycles. The Morgan fingerprint density at radius 3 is 2.73 bits per heavy atom. The number of ether oxygens (including phenoxy) is 2. The van der Waals surface area contributed by atoms with Gasteiger partial charge < -0.3 is 14.8 Å². The first-order valence-electron chi connectivity index (χ1n) is 10.8. The number of hydrogen-bond acceptors (Lipinski definition) is 4. The molecule has 5 nitrogen and oxygen atoms in total. The van der Waals surface area contributed by atoms with E-state index in [0.29, 0.717) is 18.5 Å². The van der Waals surface area contributed by atoms with Crippen molar-refractivity contribution in [2.75, 3.05) is 13.7 Å². The number of nitrogens with zero attached hydrogens (tertiary/aromatic N) is 1. The molecule has 2 atom stereocenters. The van der Waals surface area contributed by atoms with Crippen LogP contribution in [0.2, 0.25) is 0 Å². The normalized spacial score (nSPS) is 21.7. The molecule has 0 bridgehead atoms. The Balaban J connectivity index is 1.50. The van der Waals surface area contributed by atoms with Gasteiger partial charge >= 0.3 is 0 Å². The second-order valence-electron chi connectivity index (χ2n) is 8.33. The van der Waals surface area contributed by atoms with Crippen molar-refractivity contribution >= 4 is 5.91 Å². The molecule has 2 aromatic rings. The topological polar surface area (TPSA) is 71.3 Å². The number of rotatable bonds is 6. The molecule has 156 valence electrons. The van der Waals surface area contributed by atoms with E-state index in [0.717, 1.165) is 36.3 Å². The Morgan fingerprint density at radius 1 is 1.13 bits per heavy atom. The fourth-order valence-corrected chi connectivity index (χ4v) is 4.61. The van der Waals surface area contributed by atoms with Gasteiger partial charge in [-0.15, -0.1) is 0 Å². The molecular formula is C25H28N2O3. The summed E-state index contributed by atoms with van der Waals surface area (Å²) in [7, 11) is 1.67. The van der Waals surface area contributed by atoms with Crippen LogP contribution < -0.4 is 14.8 Å². The second-order valence-corrected chi connectivity index (χ2v) is 8.33. The molecule has 1 aliphatic carbocycles. The maximum Gasteiger partial charge on any atom is 0.223 e. The lowest BCUT2D eigenvalue weighted by Crippen LogP contribution is -2.41. The third-order valence-corrected chi connectivity index (χ3v) is 6.26. The molecule has 0 unspecified atom stereocenters. The SMILES string of the molecule is COc1ccc([C@H]2CNC(=O)[C@@H](Cc3cccc(C#N)c3)C2)cc1OC1CCCC1. The zero-order valence-corrected chi connectivity index (χ0v) is 17.4. The fraction of sp³-hybridized carbons (Fsp3) is 0.440. The summed E-state index contributed by atoms with van der Waals surface area (Å²) in [6.07, 6.45) is 6.30. The second kappa shape index (κ2) is 9.21. The lowest BCUT2D eigenvalue weighted by molar-refractivity contribution is -0.126. The smallest absolute Gasteiger partial charge is 0.223 e. The highest BCUT2D eigenvalue weighted by molar-refractivity contribution is 5.80. The summed E-state index contributed by atoms with van der Waals surface area (Å²) in [6.45, 7) is 0.628. The van der Waals surface area contributed by atoms with Crippen LogP contribution in [-0.4, -0.2) is 25.7 Å². The number of benzene rings is 2. The van der Waals surface area contributed by atoms with E-state index in [1.165, 1.54) is 18.4 Å². The van der Waals surface area contributed by atoms with Crippen LogP contribution >= 0.6 is 0 Å². The van der Waals surface area contributed by atoms with Crippen molar-refractivity contribution < 1.29 is 14.3 Å². The molecular weight excluding hydrogens is 376 g/mol. The third kappa shape index (κ3) is 4.59. The minimum Gasteiger partial charge on any atom is -0.493 e. The maximum atomic E-state index is 12.5. The summed E-state index contributed by atoms with van der Waals surface area (Å²) in [4.78, 5) is 12.5. The molecule has 4 rings (SSSR count). The minimum absolute atomic E-state index is 0.0875. The van der Waals surface area contributed by atoms with Gasteiger partial charge in [0.1, 0.15) is 0 Å². The number of hydrogen-bond donors (Lipinski definition) is 1. The van der Waals surface area contributed by atoms with Gasteiger partial charge in [0.15, 0.2) is 11.5 Å². The van der Waals surface area contributed by atoms with Gasteiger partial charge in [0.05, 0.1) is 24.8 Å². The minimum atomic E-state index is -0.112. The molecule has 2 aromatic carbocycles. The molecule has 1 N–H and O–H groups in total. The lowest BCUT2D eigenvalue weighted by atomic mass is 9.82. The Morgan fingerprint density at radius 2 is 1.97 bits per heavy atom. The zero-order chi connectivity index (χ0) is 20.9. The van der Waals surface area contributed by atoms with Crippen molar-refractivity contribution in [3.8, 4) is 17.6 Å². The fourth-order valence-electron chi connectivity index (χ4n) is 4.61. The van der Waals surface area contributed by atoms with E-state index in [9.17, 15) is 4.79 Å². The van der Waals surface area contributed by atoms with Gasteiger partial charge in [0, 0.05) is 18.4 Å². The van der Waals surface area contributed by atoms with Crippen molar-refractivity contribution in [1.82, 2.24) is 5.32 Å². The standard InChI is InChI=1S/C25H28N2O3/c1-29-23-10-9-19(14-24(23)30-22-7-2-3-8-22)21-13-20(25(28)27-16-21)12-17-5-4-6-18(11-17)15-26/h4-6,9-11,14,20-22H,2-3,7-8,12-13,16H2,1H3,(H,27,28)/t20-,21+/m0/s1. The Labute approximate surface area is 178 Å². The van der Waals surface area contributed by atoms with Crippen LogP contribution in [0.15, 0.2) is 42.5 Å². The molecule has 2 aliphatic rings. The third-order valence-electron chi connectivity index (χ3n) is 6.26. The quantitative estimate of drug-likeness (QED) is 0.777. The van der Waals surface area contributed by atoms with Crippen LogP contribution in [0.5, 0.6) is 11.5 Å². The van der Waals surface area contributed by atoms with Gasteiger partial charge in [0.2, 0.25) is 5.91 Å². The first-order chi connectivity index (χ1) is 14.7. The van der Waals surface area contributed by atoms with Crippen molar-refractivity contribution in [3.63, 3.8) is 0 Å². The summed E-state index contributed by atoms with van der Waals surface area (Å²) in [5.41, 5.74) is 2.82. The van der Waals surface area contributed by atoms with Gasteiger partial charge in [-0.05, 0) is 73.9 Å². The highest BCUT2D eigenvalue weighted by atomic mass is 16.5. The number of nitrogens with one attached hydrogen (secondary N) is 1. The summed E-state index contributed by atoms with van der Waals surface area (Å²) in [5.74, 6) is 1.76. The van der Waals surface area contributed by atoms with Crippen LogP contribution in [0, 0.1) is 17.2 Å². The summed E-state index contributed by atoms with van der Waals surface area (Å²) in [5, 5.41) is 12.2. The molecule has 1 amide bonds. The van der Waals surface area contributed by atoms with Gasteiger partial charge in [-0.3, -0.25) is 4.79 Å². The van der Waals surface area contributed by atoms with E-state index in [4.69, 9.17) is 14.7 Å². The van der Waals surface area contributed by atoms with E-state index < -0.39 is 0 Å². The monoisotopic (exact) mass is 404 g/mol. The first-order valence-corrected chi connectivity index (χ1v) is 10.8. The predicted molar refractivity (Wildman–Crippen MR) is 115 cm³/mol. The van der Waals surface area contributed by atoms with Crippen LogP contribution in [-0.2, 0) is 11.2 Å². The number of carbonyl (C=O) groups is 1. The highest BCUT2D eigenvalue weighted by Gasteiger charge is 2.30. The van der Waals surface area contributed by atoms with Gasteiger partial charge in [0.25, 0.3) is 0 Å². The number of piperidine rings is 1. The Bertz CT molecular complexity index is 944. The van der Waals surface area contributed by atoms with Crippen molar-refractivity contribution in [3.05, 3.63) is 59.2 Å². The van der Waals surface area contributed by atoms with Crippen molar-refractivity contribution in [1.29, 1.82) is 5.26 Å². The number of amides is 1. The number of carbonyl (C=O) groups excluding carboxylic acids is 1. The molecule has 1 heterocycles. The first kappa shape index (κ1) is 20.3. The summed E-state index contributed by atoms with van der Waals surface area (Å²) in [6, 6.07) is 15.8. The Hall–Kier alpha value is -3.00. The average molecular weight is 405 g/mol. The zero-order valence-electron chi connectivity index (χ0n) is 17.4. The van der Waals surface area contributed by atoms with E-state index in [1.54, 1.807) is 13.2 Å². The molecule has 0 spiro atoms. The summed E-state index contributed by atoms with van der Waals surface area (Å²) < 4.78 is 11.8. The van der Waals surface area contributed by atoms with Crippen molar-refractivity contribution in [2.45, 2.75) is 50.5 Å². The molecule has 1 aliphatic heterocycles. The molecule has 2 fully saturated rings. The number of nitriles is 1. The largest absolute Gasteiger partial charge is 0.493 e. The molecule has 0 radical (unpaired) electrons. The van der Waals surface area contributed by atoms with E-state index in [2.05, 4.69) is 23.5 Å². The van der Waals surface area contributed by atoms with Gasteiger partial charge in [-0.1, -0.05) is 18.2 Å². The molecule has 1 saturated heterocycles. The predicted octanol–water partition coefficient (Wildman–Crippen LogP) is 4.35. The lowest BCUT2D eigenvalue weighted by Gasteiger charge is -2.30. The highest BCUT2D eigenvalue weighted by Crippen LogP contribution is 2.37. The van der Waals surface area contributed by atoms with Gasteiger partial charge in [-0.25, -0.2) is 0 Å². The average Bonchev–Trinajstić information content (AvgIpc) is 3.28. The molecule has 30 heavy (non-hydrogen) atoms. The Kier molecular flexibility index (Phi) is 6.23.